The number of anilines is 2. The van der Waals surface area contributed by atoms with Gasteiger partial charge in [0.2, 0.25) is 5.91 Å². The van der Waals surface area contributed by atoms with Crippen molar-refractivity contribution in [3.8, 4) is 0 Å². The maximum atomic E-state index is 12.8. The van der Waals surface area contributed by atoms with Gasteiger partial charge in [-0.3, -0.25) is 9.59 Å². The van der Waals surface area contributed by atoms with E-state index in [1.807, 2.05) is 5.32 Å². The van der Waals surface area contributed by atoms with Crippen LogP contribution in [0.15, 0.2) is 42.5 Å². The summed E-state index contributed by atoms with van der Waals surface area (Å²) in [5.74, 6) is -4.64. The van der Waals surface area contributed by atoms with E-state index in [0.29, 0.717) is 0 Å². The molecule has 0 aliphatic heterocycles. The van der Waals surface area contributed by atoms with Crippen LogP contribution in [-0.4, -0.2) is 57.8 Å². The van der Waals surface area contributed by atoms with E-state index in [0.717, 1.165) is 24.3 Å². The lowest BCUT2D eigenvalue weighted by molar-refractivity contribution is -0.161. The molecule has 0 heterocycles. The van der Waals surface area contributed by atoms with E-state index in [4.69, 9.17) is 9.47 Å². The third-order valence-corrected chi connectivity index (χ3v) is 5.24. The van der Waals surface area contributed by atoms with Crippen LogP contribution in [0.1, 0.15) is 55.6 Å². The molecule has 0 saturated carbocycles. The summed E-state index contributed by atoms with van der Waals surface area (Å²) in [4.78, 5) is 60.4. The number of halogens is 3. The molecule has 228 valence electrons. The molecule has 0 radical (unpaired) electrons. The number of aliphatic carboxylic acids is 2. The molecule has 0 bridgehead atoms. The van der Waals surface area contributed by atoms with Crippen LogP contribution in [0.2, 0.25) is 0 Å². The summed E-state index contributed by atoms with van der Waals surface area (Å²) < 4.78 is 48.9. The van der Waals surface area contributed by atoms with Gasteiger partial charge >= 0.3 is 24.2 Å². The molecule has 2 aromatic rings. The van der Waals surface area contributed by atoms with Crippen molar-refractivity contribution in [3.63, 3.8) is 0 Å². The highest BCUT2D eigenvalue weighted by Gasteiger charge is 2.37. The van der Waals surface area contributed by atoms with Crippen LogP contribution in [0.3, 0.4) is 0 Å². The topological polar surface area (TPSA) is 180 Å². The van der Waals surface area contributed by atoms with E-state index in [1.54, 1.807) is 6.92 Å². The van der Waals surface area contributed by atoms with E-state index in [9.17, 15) is 47.4 Å². The Morgan fingerprint density at radius 3 is 1.93 bits per heavy atom. The first-order valence-electron chi connectivity index (χ1n) is 12.4. The van der Waals surface area contributed by atoms with E-state index < -0.39 is 65.9 Å². The molecule has 0 fully saturated rings. The van der Waals surface area contributed by atoms with Crippen molar-refractivity contribution in [2.24, 2.45) is 0 Å². The first-order valence-corrected chi connectivity index (χ1v) is 12.4. The van der Waals surface area contributed by atoms with Gasteiger partial charge in [-0.1, -0.05) is 6.92 Å². The fourth-order valence-corrected chi connectivity index (χ4v) is 3.38. The number of carbonyl (C=O) groups is 5. The van der Waals surface area contributed by atoms with E-state index in [2.05, 4.69) is 10.6 Å². The van der Waals surface area contributed by atoms with Gasteiger partial charge in [0.15, 0.2) is 12.1 Å². The van der Waals surface area contributed by atoms with Crippen molar-refractivity contribution in [2.75, 3.05) is 10.6 Å². The number of carbonyl (C=O) groups excluding carboxylic acids is 3. The Bertz CT molecular complexity index is 1320. The molecule has 2 rings (SSSR count). The Labute approximate surface area is 238 Å². The Hall–Kier alpha value is -4.66. The number of rotatable bonds is 11. The van der Waals surface area contributed by atoms with E-state index >= 15 is 0 Å². The average molecular weight is 598 g/mol. The minimum atomic E-state index is -4.59. The molecular weight excluding hydrogens is 567 g/mol. The molecule has 2 aromatic carbocycles. The predicted molar refractivity (Wildman–Crippen MR) is 142 cm³/mol. The second kappa shape index (κ2) is 13.8. The van der Waals surface area contributed by atoms with Crippen LogP contribution in [0.25, 0.3) is 0 Å². The average Bonchev–Trinajstić information content (AvgIpc) is 2.86. The van der Waals surface area contributed by atoms with Crippen molar-refractivity contribution in [1.82, 2.24) is 5.32 Å². The summed E-state index contributed by atoms with van der Waals surface area (Å²) in [7, 11) is 0. The molecule has 0 aromatic heterocycles. The monoisotopic (exact) mass is 597 g/mol. The molecule has 0 aliphatic carbocycles. The smallest absolute Gasteiger partial charge is 0.416 e. The SMILES string of the molecule is CCC(=O)Nc1cc(CO[C@H](C(=O)O)[C@H](NC(=O)OC(C)(C)C)C(=O)O)cc(NC(=O)c2ccc(C(F)(F)F)cc2)c1. The number of nitrogens with one attached hydrogen (secondary N) is 3. The summed E-state index contributed by atoms with van der Waals surface area (Å²) in [6.45, 7) is 5.58. The van der Waals surface area contributed by atoms with Crippen LogP contribution >= 0.6 is 0 Å². The number of amides is 3. The van der Waals surface area contributed by atoms with Crippen molar-refractivity contribution in [2.45, 2.75) is 64.6 Å². The quantitative estimate of drug-likeness (QED) is 0.253. The van der Waals surface area contributed by atoms with Gasteiger partial charge in [0.05, 0.1) is 12.2 Å². The number of hydrogen-bond donors (Lipinski definition) is 5. The van der Waals surface area contributed by atoms with Crippen LogP contribution in [0.4, 0.5) is 29.3 Å². The number of alkyl halides is 3. The molecule has 0 spiro atoms. The zero-order valence-corrected chi connectivity index (χ0v) is 23.0. The molecule has 2 atom stereocenters. The minimum absolute atomic E-state index is 0.0564. The highest BCUT2D eigenvalue weighted by Crippen LogP contribution is 2.29. The van der Waals surface area contributed by atoms with Gasteiger partial charge in [0.1, 0.15) is 5.60 Å². The summed E-state index contributed by atoms with van der Waals surface area (Å²) in [5, 5.41) is 26.2. The summed E-state index contributed by atoms with van der Waals surface area (Å²) >= 11 is 0. The van der Waals surface area contributed by atoms with Crippen LogP contribution in [0.5, 0.6) is 0 Å². The van der Waals surface area contributed by atoms with Crippen molar-refractivity contribution < 1.29 is 56.8 Å². The zero-order chi connectivity index (χ0) is 31.8. The molecule has 12 nitrogen and oxygen atoms in total. The van der Waals surface area contributed by atoms with E-state index in [1.165, 1.54) is 39.0 Å². The van der Waals surface area contributed by atoms with Gasteiger partial charge in [-0.25, -0.2) is 14.4 Å². The Balaban J connectivity index is 2.31. The lowest BCUT2D eigenvalue weighted by Crippen LogP contribution is -2.53. The molecule has 0 aliphatic rings. The highest BCUT2D eigenvalue weighted by molar-refractivity contribution is 6.04. The van der Waals surface area contributed by atoms with Crippen molar-refractivity contribution >= 4 is 41.2 Å². The largest absolute Gasteiger partial charge is 0.480 e. The van der Waals surface area contributed by atoms with Crippen LogP contribution in [-0.2, 0) is 36.6 Å². The highest BCUT2D eigenvalue weighted by atomic mass is 19.4. The Morgan fingerprint density at radius 1 is 0.881 bits per heavy atom. The molecule has 3 amide bonds. The molecular formula is C27H30F3N3O9. The zero-order valence-electron chi connectivity index (χ0n) is 23.0. The fraction of sp³-hybridized carbons (Fsp3) is 0.370. The standard InChI is InChI=1S/C27H30F3N3O9/c1-5-19(34)31-17-10-14(11-18(12-17)32-22(35)15-6-8-16(9-7-15)27(28,29)30)13-41-21(24(38)39)20(23(36)37)33-25(40)42-26(2,3)4/h6-12,20-21H,5,13H2,1-4H3,(H,31,34)(H,32,35)(H,33,40)(H,36,37)(H,38,39)/t20-,21-/m0/s1. The van der Waals surface area contributed by atoms with Gasteiger partial charge in [0.25, 0.3) is 5.91 Å². The number of carboxylic acids is 2. The van der Waals surface area contributed by atoms with Crippen molar-refractivity contribution in [3.05, 3.63) is 59.2 Å². The second-order valence-electron chi connectivity index (χ2n) is 9.88. The third-order valence-electron chi connectivity index (χ3n) is 5.24. The minimum Gasteiger partial charge on any atom is -0.480 e. The Morgan fingerprint density at radius 2 is 1.45 bits per heavy atom. The third kappa shape index (κ3) is 10.4. The maximum absolute atomic E-state index is 12.8. The molecule has 5 N–H and O–H groups in total. The van der Waals surface area contributed by atoms with Crippen LogP contribution < -0.4 is 16.0 Å². The lowest BCUT2D eigenvalue weighted by Gasteiger charge is -2.25. The first-order chi connectivity index (χ1) is 19.4. The van der Waals surface area contributed by atoms with E-state index in [-0.39, 0.29) is 28.9 Å². The first kappa shape index (κ1) is 33.5. The maximum Gasteiger partial charge on any atom is 0.416 e. The second-order valence-corrected chi connectivity index (χ2v) is 9.88. The summed E-state index contributed by atoms with van der Waals surface area (Å²) in [6.07, 6.45) is -7.78. The number of benzene rings is 2. The van der Waals surface area contributed by atoms with Gasteiger partial charge in [-0.05, 0) is 68.8 Å². The number of hydrogen-bond acceptors (Lipinski definition) is 7. The molecule has 42 heavy (non-hydrogen) atoms. The number of alkyl carbamates (subject to hydrolysis) is 1. The molecule has 0 unspecified atom stereocenters. The predicted octanol–water partition coefficient (Wildman–Crippen LogP) is 4.25. The fourth-order valence-electron chi connectivity index (χ4n) is 3.38. The van der Waals surface area contributed by atoms with Gasteiger partial charge < -0.3 is 35.6 Å². The van der Waals surface area contributed by atoms with Crippen LogP contribution in [0, 0.1) is 0 Å². The Kier molecular flexibility index (Phi) is 11.0. The number of carboxylic acid groups (broad SMARTS) is 2. The van der Waals surface area contributed by atoms with Gasteiger partial charge in [-0.2, -0.15) is 13.2 Å². The molecule has 15 heteroatoms. The normalized spacial score (nSPS) is 12.9. The van der Waals surface area contributed by atoms with Crippen molar-refractivity contribution in [1.29, 1.82) is 0 Å². The van der Waals surface area contributed by atoms with Gasteiger partial charge in [-0.15, -0.1) is 0 Å². The summed E-state index contributed by atoms with van der Waals surface area (Å²) in [6, 6.07) is 5.41. The van der Waals surface area contributed by atoms with Gasteiger partial charge in [0, 0.05) is 23.4 Å². The lowest BCUT2D eigenvalue weighted by atomic mass is 10.1. The summed E-state index contributed by atoms with van der Waals surface area (Å²) in [5.41, 5.74) is -1.68. The molecule has 0 saturated heterocycles. The number of ether oxygens (including phenoxy) is 2.